The molecule has 1 aromatic heterocycles. The van der Waals surface area contributed by atoms with Crippen molar-refractivity contribution < 1.29 is 23.1 Å². The number of nitro groups is 2. The predicted molar refractivity (Wildman–Crippen MR) is 107 cm³/mol. The lowest BCUT2D eigenvalue weighted by atomic mass is 10.1. The van der Waals surface area contributed by atoms with Gasteiger partial charge >= 0.3 is 0 Å². The molecule has 0 saturated heterocycles. The number of aromatic nitrogens is 2. The van der Waals surface area contributed by atoms with Crippen LogP contribution in [0.5, 0.6) is 0 Å². The molecule has 1 amide bonds. The van der Waals surface area contributed by atoms with Crippen molar-refractivity contribution in [3.63, 3.8) is 0 Å². The molecular weight excluding hydrogens is 432 g/mol. The predicted octanol–water partition coefficient (Wildman–Crippen LogP) is 2.35. The van der Waals surface area contributed by atoms with Gasteiger partial charge in [-0.1, -0.05) is 0 Å². The Kier molecular flexibility index (Phi) is 5.83. The van der Waals surface area contributed by atoms with Crippen LogP contribution in [0.25, 0.3) is 0 Å². The van der Waals surface area contributed by atoms with Crippen LogP contribution < -0.4 is 10.0 Å². The van der Waals surface area contributed by atoms with Gasteiger partial charge in [-0.3, -0.25) is 25.0 Å². The maximum atomic E-state index is 12.4. The molecule has 0 atom stereocenters. The number of amides is 1. The number of sulfonamides is 1. The Bertz CT molecular complexity index is 1260. The Hall–Kier alpha value is -4.46. The van der Waals surface area contributed by atoms with Crippen molar-refractivity contribution in [3.05, 3.63) is 86.7 Å². The van der Waals surface area contributed by atoms with E-state index < -0.39 is 42.7 Å². The number of hydrogen-bond donors (Lipinski definition) is 2. The van der Waals surface area contributed by atoms with Crippen LogP contribution in [-0.2, 0) is 10.0 Å². The van der Waals surface area contributed by atoms with Crippen LogP contribution in [0.1, 0.15) is 10.4 Å². The van der Waals surface area contributed by atoms with Gasteiger partial charge in [0, 0.05) is 24.1 Å². The average Bonchev–Trinajstić information content (AvgIpc) is 2.74. The van der Waals surface area contributed by atoms with Crippen molar-refractivity contribution in [1.82, 2.24) is 9.97 Å². The monoisotopic (exact) mass is 444 g/mol. The van der Waals surface area contributed by atoms with Gasteiger partial charge in [0.15, 0.2) is 0 Å². The number of nitrogens with one attached hydrogen (secondary N) is 2. The van der Waals surface area contributed by atoms with Gasteiger partial charge in [0.25, 0.3) is 27.3 Å². The second-order valence-electron chi connectivity index (χ2n) is 5.87. The Morgan fingerprint density at radius 2 is 1.58 bits per heavy atom. The maximum Gasteiger partial charge on any atom is 0.289 e. The molecule has 0 spiro atoms. The maximum absolute atomic E-state index is 12.4. The zero-order valence-corrected chi connectivity index (χ0v) is 16.1. The third-order valence-corrected chi connectivity index (χ3v) is 5.19. The standard InChI is InChI=1S/C17H12N6O7S/c24-16(14-7-4-12(22(25)26)10-15(14)23(27)28)20-11-2-5-13(6-3-11)31(29,30)21-17-18-8-1-9-19-17/h1-10H,(H,20,24)(H,18,19,21). The molecule has 158 valence electrons. The highest BCUT2D eigenvalue weighted by atomic mass is 32.2. The highest BCUT2D eigenvalue weighted by molar-refractivity contribution is 7.92. The molecule has 3 rings (SSSR count). The van der Waals surface area contributed by atoms with Crippen molar-refractivity contribution in [2.45, 2.75) is 4.90 Å². The first-order valence-electron chi connectivity index (χ1n) is 8.31. The zero-order chi connectivity index (χ0) is 22.6. The lowest BCUT2D eigenvalue weighted by molar-refractivity contribution is -0.394. The molecule has 13 nitrogen and oxygen atoms in total. The molecule has 2 N–H and O–H groups in total. The topological polar surface area (TPSA) is 187 Å². The first kappa shape index (κ1) is 21.3. The molecule has 0 saturated carbocycles. The molecule has 1 heterocycles. The third kappa shape index (κ3) is 4.94. The molecule has 0 radical (unpaired) electrons. The number of nitrogens with zero attached hydrogens (tertiary/aromatic N) is 4. The molecule has 3 aromatic rings. The van der Waals surface area contributed by atoms with E-state index in [0.717, 1.165) is 12.1 Å². The van der Waals surface area contributed by atoms with Gasteiger partial charge in [0.2, 0.25) is 5.95 Å². The van der Waals surface area contributed by atoms with Gasteiger partial charge in [0.05, 0.1) is 20.8 Å². The fourth-order valence-electron chi connectivity index (χ4n) is 2.42. The number of carbonyl (C=O) groups is 1. The Morgan fingerprint density at radius 1 is 0.935 bits per heavy atom. The van der Waals surface area contributed by atoms with E-state index in [9.17, 15) is 33.4 Å². The lowest BCUT2D eigenvalue weighted by Gasteiger charge is -2.09. The molecule has 0 bridgehead atoms. The van der Waals surface area contributed by atoms with Crippen molar-refractivity contribution >= 4 is 38.9 Å². The number of carbonyl (C=O) groups excluding carboxylic acids is 1. The van der Waals surface area contributed by atoms with Gasteiger partial charge in [-0.25, -0.2) is 23.1 Å². The van der Waals surface area contributed by atoms with Crippen molar-refractivity contribution in [3.8, 4) is 0 Å². The van der Waals surface area contributed by atoms with E-state index in [4.69, 9.17) is 0 Å². The molecule has 0 fully saturated rings. The third-order valence-electron chi connectivity index (χ3n) is 3.85. The molecular formula is C17H12N6O7S. The summed E-state index contributed by atoms with van der Waals surface area (Å²) in [6, 6.07) is 9.08. The highest BCUT2D eigenvalue weighted by Crippen LogP contribution is 2.26. The average molecular weight is 444 g/mol. The van der Waals surface area contributed by atoms with E-state index in [0.29, 0.717) is 6.07 Å². The minimum absolute atomic E-state index is 0.120. The normalized spacial score (nSPS) is 10.8. The summed E-state index contributed by atoms with van der Waals surface area (Å²) in [5.41, 5.74) is -1.52. The molecule has 0 aliphatic carbocycles. The number of non-ortho nitro benzene ring substituents is 1. The molecule has 0 unspecified atom stereocenters. The summed E-state index contributed by atoms with van der Waals surface area (Å²) in [6.07, 6.45) is 2.72. The summed E-state index contributed by atoms with van der Waals surface area (Å²) in [5, 5.41) is 24.4. The van der Waals surface area contributed by atoms with E-state index in [1.807, 2.05) is 0 Å². The second kappa shape index (κ2) is 8.50. The van der Waals surface area contributed by atoms with E-state index >= 15 is 0 Å². The number of anilines is 2. The smallest absolute Gasteiger partial charge is 0.289 e. The molecule has 14 heteroatoms. The van der Waals surface area contributed by atoms with Crippen LogP contribution in [0.3, 0.4) is 0 Å². The van der Waals surface area contributed by atoms with Crippen LogP contribution >= 0.6 is 0 Å². The van der Waals surface area contributed by atoms with Crippen LogP contribution in [0.15, 0.2) is 65.8 Å². The zero-order valence-electron chi connectivity index (χ0n) is 15.3. The van der Waals surface area contributed by atoms with Gasteiger partial charge < -0.3 is 5.32 Å². The fraction of sp³-hybridized carbons (Fsp3) is 0. The van der Waals surface area contributed by atoms with Crippen molar-refractivity contribution in [1.29, 1.82) is 0 Å². The van der Waals surface area contributed by atoms with Gasteiger partial charge in [-0.05, 0) is 36.4 Å². The van der Waals surface area contributed by atoms with Crippen molar-refractivity contribution in [2.75, 3.05) is 10.0 Å². The Balaban J connectivity index is 1.79. The molecule has 0 aliphatic heterocycles. The molecule has 31 heavy (non-hydrogen) atoms. The van der Waals surface area contributed by atoms with Crippen LogP contribution in [0.2, 0.25) is 0 Å². The molecule has 0 aliphatic rings. The van der Waals surface area contributed by atoms with E-state index in [-0.39, 0.29) is 16.5 Å². The van der Waals surface area contributed by atoms with Gasteiger partial charge in [0.1, 0.15) is 5.56 Å². The van der Waals surface area contributed by atoms with Gasteiger partial charge in [-0.15, -0.1) is 0 Å². The largest absolute Gasteiger partial charge is 0.322 e. The minimum Gasteiger partial charge on any atom is -0.322 e. The van der Waals surface area contributed by atoms with Gasteiger partial charge in [-0.2, -0.15) is 0 Å². The first-order valence-corrected chi connectivity index (χ1v) is 9.80. The SMILES string of the molecule is O=C(Nc1ccc(S(=O)(=O)Nc2ncccn2)cc1)c1ccc([N+](=O)[O-])cc1[N+](=O)[O-]. The van der Waals surface area contributed by atoms with Crippen molar-refractivity contribution in [2.24, 2.45) is 0 Å². The summed E-state index contributed by atoms with van der Waals surface area (Å²) < 4.78 is 26.9. The summed E-state index contributed by atoms with van der Waals surface area (Å²) in [7, 11) is -3.98. The number of hydrogen-bond acceptors (Lipinski definition) is 9. The minimum atomic E-state index is -3.98. The summed E-state index contributed by atoms with van der Waals surface area (Å²) in [4.78, 5) is 40.0. The lowest BCUT2D eigenvalue weighted by Crippen LogP contribution is -2.16. The Labute approximate surface area is 174 Å². The van der Waals surface area contributed by atoms with Crippen LogP contribution in [0, 0.1) is 20.2 Å². The number of rotatable bonds is 7. The number of nitro benzene ring substituents is 2. The summed E-state index contributed by atoms with van der Waals surface area (Å²) in [5.74, 6) is -1.02. The summed E-state index contributed by atoms with van der Waals surface area (Å²) >= 11 is 0. The first-order chi connectivity index (χ1) is 14.7. The van der Waals surface area contributed by atoms with E-state index in [1.54, 1.807) is 0 Å². The van der Waals surface area contributed by atoms with Crippen LogP contribution in [0.4, 0.5) is 23.0 Å². The fourth-order valence-corrected chi connectivity index (χ4v) is 3.38. The summed E-state index contributed by atoms with van der Waals surface area (Å²) in [6.45, 7) is 0. The molecule has 2 aromatic carbocycles. The quantitative estimate of drug-likeness (QED) is 0.407. The number of benzene rings is 2. The Morgan fingerprint density at radius 3 is 2.16 bits per heavy atom. The van der Waals surface area contributed by atoms with E-state index in [2.05, 4.69) is 20.0 Å². The van der Waals surface area contributed by atoms with E-state index in [1.165, 1.54) is 42.7 Å². The second-order valence-corrected chi connectivity index (χ2v) is 7.55. The van der Waals surface area contributed by atoms with Crippen LogP contribution in [-0.4, -0.2) is 34.1 Å². The highest BCUT2D eigenvalue weighted by Gasteiger charge is 2.24.